The maximum Gasteiger partial charge on any atom is 0.322 e. The Hall–Kier alpha value is -0.700. The van der Waals surface area contributed by atoms with Crippen LogP contribution in [0.5, 0.6) is 0 Å². The third kappa shape index (κ3) is 3.91. The third-order valence-corrected chi connectivity index (χ3v) is 5.53. The Kier molecular flexibility index (Phi) is 5.36. The van der Waals surface area contributed by atoms with E-state index in [1.165, 1.54) is 0 Å². The van der Waals surface area contributed by atoms with Gasteiger partial charge in [-0.05, 0) is 38.0 Å². The molecule has 0 spiro atoms. The van der Waals surface area contributed by atoms with Crippen LogP contribution in [0.15, 0.2) is 0 Å². The highest BCUT2D eigenvalue weighted by Gasteiger charge is 2.36. The van der Waals surface area contributed by atoms with Crippen molar-refractivity contribution in [1.82, 2.24) is 9.03 Å². The highest BCUT2D eigenvalue weighted by molar-refractivity contribution is 7.87. The zero-order valence-corrected chi connectivity index (χ0v) is 12.3. The average molecular weight is 306 g/mol. The Balaban J connectivity index is 1.95. The SMILES string of the molecule is O=C(O)C1CCCCN1S(=O)(=O)NCC1CCOCC1. The Labute approximate surface area is 119 Å². The van der Waals surface area contributed by atoms with Crippen LogP contribution in [0.25, 0.3) is 0 Å². The molecular weight excluding hydrogens is 284 g/mol. The van der Waals surface area contributed by atoms with Crippen LogP contribution in [0.2, 0.25) is 0 Å². The van der Waals surface area contributed by atoms with E-state index in [-0.39, 0.29) is 12.5 Å². The fourth-order valence-electron chi connectivity index (χ4n) is 2.70. The van der Waals surface area contributed by atoms with Crippen LogP contribution in [-0.4, -0.2) is 56.1 Å². The first-order chi connectivity index (χ1) is 9.50. The van der Waals surface area contributed by atoms with E-state index >= 15 is 0 Å². The number of nitrogens with zero attached hydrogens (tertiary/aromatic N) is 1. The summed E-state index contributed by atoms with van der Waals surface area (Å²) in [5, 5.41) is 9.14. The lowest BCUT2D eigenvalue weighted by molar-refractivity contribution is -0.142. The number of piperidine rings is 1. The van der Waals surface area contributed by atoms with Gasteiger partial charge < -0.3 is 9.84 Å². The molecule has 0 aromatic carbocycles. The van der Waals surface area contributed by atoms with E-state index < -0.39 is 22.2 Å². The summed E-state index contributed by atoms with van der Waals surface area (Å²) in [6.07, 6.45) is 3.52. The summed E-state index contributed by atoms with van der Waals surface area (Å²) in [7, 11) is -3.72. The number of carboxylic acids is 1. The van der Waals surface area contributed by atoms with Gasteiger partial charge in [0.05, 0.1) is 0 Å². The lowest BCUT2D eigenvalue weighted by Crippen LogP contribution is -2.52. The summed E-state index contributed by atoms with van der Waals surface area (Å²) in [5.41, 5.74) is 0. The molecule has 2 aliphatic rings. The summed E-state index contributed by atoms with van der Waals surface area (Å²) in [6, 6.07) is -0.934. The summed E-state index contributed by atoms with van der Waals surface area (Å²) in [6.45, 7) is 1.95. The van der Waals surface area contributed by atoms with Crippen LogP contribution in [0.1, 0.15) is 32.1 Å². The number of nitrogens with one attached hydrogen (secondary N) is 1. The molecule has 2 fully saturated rings. The lowest BCUT2D eigenvalue weighted by atomic mass is 10.0. The molecule has 0 aliphatic carbocycles. The first-order valence-corrected chi connectivity index (χ1v) is 8.51. The van der Waals surface area contributed by atoms with Crippen molar-refractivity contribution >= 4 is 16.2 Å². The van der Waals surface area contributed by atoms with Gasteiger partial charge in [-0.2, -0.15) is 12.7 Å². The zero-order chi connectivity index (χ0) is 14.6. The van der Waals surface area contributed by atoms with Crippen LogP contribution >= 0.6 is 0 Å². The summed E-state index contributed by atoms with van der Waals surface area (Å²) in [5.74, 6) is -0.798. The molecule has 1 unspecified atom stereocenters. The van der Waals surface area contributed by atoms with Crippen molar-refractivity contribution in [1.29, 1.82) is 0 Å². The number of ether oxygens (including phenoxy) is 1. The van der Waals surface area contributed by atoms with Crippen molar-refractivity contribution in [3.05, 3.63) is 0 Å². The van der Waals surface area contributed by atoms with E-state index in [2.05, 4.69) is 4.72 Å². The Morgan fingerprint density at radius 3 is 2.60 bits per heavy atom. The van der Waals surface area contributed by atoms with Crippen molar-refractivity contribution in [3.63, 3.8) is 0 Å². The number of aliphatic carboxylic acids is 1. The predicted octanol–water partition coefficient (Wildman–Crippen LogP) is 0.187. The van der Waals surface area contributed by atoms with Crippen molar-refractivity contribution in [2.45, 2.75) is 38.1 Å². The fourth-order valence-corrected chi connectivity index (χ4v) is 4.21. The van der Waals surface area contributed by atoms with Crippen LogP contribution in [0.4, 0.5) is 0 Å². The van der Waals surface area contributed by atoms with Gasteiger partial charge in [0.15, 0.2) is 0 Å². The van der Waals surface area contributed by atoms with Gasteiger partial charge in [-0.25, -0.2) is 4.72 Å². The maximum atomic E-state index is 12.3. The molecule has 8 heteroatoms. The van der Waals surface area contributed by atoms with Crippen LogP contribution < -0.4 is 4.72 Å². The van der Waals surface area contributed by atoms with Crippen molar-refractivity contribution < 1.29 is 23.1 Å². The molecule has 0 bridgehead atoms. The molecule has 0 amide bonds. The van der Waals surface area contributed by atoms with Crippen molar-refractivity contribution in [2.24, 2.45) is 5.92 Å². The summed E-state index contributed by atoms with van der Waals surface area (Å²) in [4.78, 5) is 11.2. The number of hydrogen-bond acceptors (Lipinski definition) is 4. The van der Waals surface area contributed by atoms with Gasteiger partial charge in [-0.15, -0.1) is 0 Å². The van der Waals surface area contributed by atoms with Crippen molar-refractivity contribution in [3.8, 4) is 0 Å². The molecule has 7 nitrogen and oxygen atoms in total. The maximum absolute atomic E-state index is 12.3. The van der Waals surface area contributed by atoms with Crippen molar-refractivity contribution in [2.75, 3.05) is 26.3 Å². The van der Waals surface area contributed by atoms with E-state index in [1.807, 2.05) is 0 Å². The van der Waals surface area contributed by atoms with Gasteiger partial charge >= 0.3 is 5.97 Å². The molecule has 20 heavy (non-hydrogen) atoms. The number of hydrogen-bond donors (Lipinski definition) is 2. The molecule has 2 rings (SSSR count). The molecule has 2 N–H and O–H groups in total. The standard InChI is InChI=1S/C12H22N2O5S/c15-12(16)11-3-1-2-6-14(11)20(17,18)13-9-10-4-7-19-8-5-10/h10-11,13H,1-9H2,(H,15,16). The molecule has 0 radical (unpaired) electrons. The van der Waals surface area contributed by atoms with E-state index in [0.29, 0.717) is 32.6 Å². The minimum Gasteiger partial charge on any atom is -0.480 e. The van der Waals surface area contributed by atoms with Gasteiger partial charge in [0.2, 0.25) is 0 Å². The highest BCUT2D eigenvalue weighted by atomic mass is 32.2. The highest BCUT2D eigenvalue weighted by Crippen LogP contribution is 2.21. The van der Waals surface area contributed by atoms with E-state index in [9.17, 15) is 13.2 Å². The monoisotopic (exact) mass is 306 g/mol. The zero-order valence-electron chi connectivity index (χ0n) is 11.5. The molecule has 2 aliphatic heterocycles. The second kappa shape index (κ2) is 6.84. The fraction of sp³-hybridized carbons (Fsp3) is 0.917. The largest absolute Gasteiger partial charge is 0.480 e. The van der Waals surface area contributed by atoms with Crippen LogP contribution in [0, 0.1) is 5.92 Å². The molecular formula is C12H22N2O5S. The molecule has 0 aromatic rings. The average Bonchev–Trinajstić information content (AvgIpc) is 2.46. The van der Waals surface area contributed by atoms with Crippen LogP contribution in [0.3, 0.4) is 0 Å². The quantitative estimate of drug-likeness (QED) is 0.756. The summed E-state index contributed by atoms with van der Waals surface area (Å²) >= 11 is 0. The second-order valence-electron chi connectivity index (χ2n) is 5.37. The molecule has 2 heterocycles. The molecule has 116 valence electrons. The van der Waals surface area contributed by atoms with Gasteiger partial charge in [0.1, 0.15) is 6.04 Å². The van der Waals surface area contributed by atoms with Gasteiger partial charge in [-0.3, -0.25) is 4.79 Å². The smallest absolute Gasteiger partial charge is 0.322 e. The van der Waals surface area contributed by atoms with E-state index in [4.69, 9.17) is 9.84 Å². The van der Waals surface area contributed by atoms with Gasteiger partial charge in [-0.1, -0.05) is 0 Å². The number of carboxylic acid groups (broad SMARTS) is 1. The topological polar surface area (TPSA) is 95.9 Å². The first-order valence-electron chi connectivity index (χ1n) is 7.07. The van der Waals surface area contributed by atoms with Gasteiger partial charge in [0.25, 0.3) is 10.2 Å². The minimum absolute atomic E-state index is 0.270. The molecule has 0 saturated carbocycles. The molecule has 1 atom stereocenters. The summed E-state index contributed by atoms with van der Waals surface area (Å²) < 4.78 is 33.4. The Morgan fingerprint density at radius 2 is 1.95 bits per heavy atom. The first kappa shape index (κ1) is 15.7. The molecule has 0 aromatic heterocycles. The number of rotatable bonds is 5. The van der Waals surface area contributed by atoms with E-state index in [1.54, 1.807) is 0 Å². The Bertz CT molecular complexity index is 433. The van der Waals surface area contributed by atoms with Gasteiger partial charge in [0, 0.05) is 26.3 Å². The molecule has 2 saturated heterocycles. The normalized spacial score (nSPS) is 26.5. The number of carbonyl (C=O) groups is 1. The second-order valence-corrected chi connectivity index (χ2v) is 7.08. The van der Waals surface area contributed by atoms with Crippen LogP contribution in [-0.2, 0) is 19.7 Å². The third-order valence-electron chi connectivity index (χ3n) is 3.94. The lowest BCUT2D eigenvalue weighted by Gasteiger charge is -2.32. The minimum atomic E-state index is -3.72. The van der Waals surface area contributed by atoms with E-state index in [0.717, 1.165) is 23.6 Å². The predicted molar refractivity (Wildman–Crippen MR) is 72.4 cm³/mol. The Morgan fingerprint density at radius 1 is 1.25 bits per heavy atom.